The summed E-state index contributed by atoms with van der Waals surface area (Å²) in [5.74, 6) is 1.70. The molecule has 7 nitrogen and oxygen atoms in total. The Labute approximate surface area is 164 Å². The van der Waals surface area contributed by atoms with E-state index in [1.165, 1.54) is 0 Å². The Morgan fingerprint density at radius 1 is 1.33 bits per heavy atom. The number of fused-ring (bicyclic) bond motifs is 1. The first-order valence-electron chi connectivity index (χ1n) is 9.20. The van der Waals surface area contributed by atoms with Gasteiger partial charge in [-0.3, -0.25) is 0 Å². The van der Waals surface area contributed by atoms with Crippen molar-refractivity contribution in [1.29, 1.82) is 0 Å². The summed E-state index contributed by atoms with van der Waals surface area (Å²) in [5, 5.41) is 15.9. The Balaban J connectivity index is 0.00000210. The van der Waals surface area contributed by atoms with Gasteiger partial charge >= 0.3 is 0 Å². The molecule has 1 aromatic carbocycles. The summed E-state index contributed by atoms with van der Waals surface area (Å²) in [4.78, 5) is 8.12. The van der Waals surface area contributed by atoms with Crippen molar-refractivity contribution in [2.45, 2.75) is 44.4 Å². The number of hydrogen-bond acceptors (Lipinski definition) is 5. The minimum absolute atomic E-state index is 0. The van der Waals surface area contributed by atoms with E-state index in [4.69, 9.17) is 20.6 Å². The lowest BCUT2D eigenvalue weighted by molar-refractivity contribution is 0.135. The number of rotatable bonds is 6. The molecule has 1 fully saturated rings. The number of halogens is 1. The van der Waals surface area contributed by atoms with Crippen molar-refractivity contribution >= 4 is 23.3 Å². The Morgan fingerprint density at radius 3 is 2.89 bits per heavy atom. The molecule has 2 aromatic heterocycles. The van der Waals surface area contributed by atoms with Gasteiger partial charge in [-0.15, -0.1) is 12.4 Å². The first-order chi connectivity index (χ1) is 12.7. The lowest BCUT2D eigenvalue weighted by Crippen LogP contribution is -2.28. The minimum Gasteiger partial charge on any atom is -0.391 e. The van der Waals surface area contributed by atoms with Crippen molar-refractivity contribution < 1.29 is 9.84 Å². The van der Waals surface area contributed by atoms with Crippen LogP contribution in [0.2, 0.25) is 0 Å². The Kier molecular flexibility index (Phi) is 6.16. The number of H-pyrrole nitrogens is 1. The van der Waals surface area contributed by atoms with Crippen LogP contribution in [-0.4, -0.2) is 50.2 Å². The van der Waals surface area contributed by atoms with E-state index in [2.05, 4.69) is 11.1 Å². The maximum atomic E-state index is 10.1. The molecule has 1 saturated carbocycles. The van der Waals surface area contributed by atoms with Crippen LogP contribution in [0.15, 0.2) is 30.5 Å². The summed E-state index contributed by atoms with van der Waals surface area (Å²) < 4.78 is 7.42. The summed E-state index contributed by atoms with van der Waals surface area (Å²) in [6, 6.07) is 7.92. The zero-order valence-electron chi connectivity index (χ0n) is 15.3. The van der Waals surface area contributed by atoms with Crippen LogP contribution in [-0.2, 0) is 11.3 Å². The number of aliphatic hydroxyl groups excluding tert-OH is 1. The summed E-state index contributed by atoms with van der Waals surface area (Å²) in [7, 11) is 0. The molecule has 4 N–H and O–H groups in total. The van der Waals surface area contributed by atoms with E-state index in [1.54, 1.807) is 0 Å². The predicted octanol–water partition coefficient (Wildman–Crippen LogP) is 2.45. The average Bonchev–Trinajstić information content (AvgIpc) is 3.32. The van der Waals surface area contributed by atoms with Gasteiger partial charge in [0.15, 0.2) is 5.82 Å². The van der Waals surface area contributed by atoms with Gasteiger partial charge in [-0.25, -0.2) is 9.67 Å². The second-order valence-electron chi connectivity index (χ2n) is 6.86. The molecule has 0 unspecified atom stereocenters. The highest BCUT2D eigenvalue weighted by Crippen LogP contribution is 2.35. The molecule has 3 aromatic rings. The molecule has 146 valence electrons. The number of aliphatic hydroxyl groups is 1. The third kappa shape index (κ3) is 3.87. The maximum absolute atomic E-state index is 10.1. The van der Waals surface area contributed by atoms with E-state index in [9.17, 15) is 5.11 Å². The predicted molar refractivity (Wildman–Crippen MR) is 107 cm³/mol. The zero-order valence-corrected chi connectivity index (χ0v) is 16.2. The summed E-state index contributed by atoms with van der Waals surface area (Å²) in [6.07, 6.45) is 2.82. The molecule has 1 aliphatic carbocycles. The monoisotopic (exact) mass is 391 g/mol. The molecule has 0 bridgehead atoms. The van der Waals surface area contributed by atoms with Crippen LogP contribution >= 0.6 is 12.4 Å². The normalized spacial score (nSPS) is 22.3. The number of para-hydroxylation sites is 1. The van der Waals surface area contributed by atoms with Gasteiger partial charge in [0.05, 0.1) is 19.3 Å². The van der Waals surface area contributed by atoms with Crippen LogP contribution in [0.5, 0.6) is 0 Å². The number of aromatic amines is 1. The fraction of sp³-hybridized carbons (Fsp3) is 0.474. The second kappa shape index (κ2) is 8.39. The molecule has 0 saturated heterocycles. The number of benzene rings is 1. The highest BCUT2D eigenvalue weighted by atomic mass is 35.5. The number of ether oxygens (including phenoxy) is 1. The van der Waals surface area contributed by atoms with Crippen molar-refractivity contribution in [2.24, 2.45) is 5.73 Å². The van der Waals surface area contributed by atoms with Crippen molar-refractivity contribution in [1.82, 2.24) is 19.7 Å². The van der Waals surface area contributed by atoms with Gasteiger partial charge in [-0.2, -0.15) is 5.10 Å². The largest absolute Gasteiger partial charge is 0.391 e. The molecule has 2 heterocycles. The highest BCUT2D eigenvalue weighted by Gasteiger charge is 2.34. The molecule has 0 radical (unpaired) electrons. The molecule has 0 amide bonds. The topological polar surface area (TPSA) is 102 Å². The van der Waals surface area contributed by atoms with Gasteiger partial charge < -0.3 is 20.6 Å². The number of nitrogens with two attached hydrogens (primary N) is 1. The van der Waals surface area contributed by atoms with Crippen LogP contribution < -0.4 is 5.73 Å². The van der Waals surface area contributed by atoms with Crippen molar-refractivity contribution in [2.75, 3.05) is 13.2 Å². The maximum Gasteiger partial charge on any atom is 0.183 e. The van der Waals surface area contributed by atoms with E-state index >= 15 is 0 Å². The van der Waals surface area contributed by atoms with Crippen LogP contribution in [0.25, 0.3) is 22.3 Å². The molecular weight excluding hydrogens is 366 g/mol. The van der Waals surface area contributed by atoms with Gasteiger partial charge in [-0.1, -0.05) is 18.2 Å². The van der Waals surface area contributed by atoms with E-state index in [1.807, 2.05) is 36.0 Å². The first-order valence-corrected chi connectivity index (χ1v) is 9.20. The highest BCUT2D eigenvalue weighted by molar-refractivity contribution is 5.93. The summed E-state index contributed by atoms with van der Waals surface area (Å²) >= 11 is 0. The standard InChI is InChI=1S/C19H25N5O2.ClH/c1-2-26-8-7-24-19(12-9-15(20)17(25)10-12)22-18(23-24)14-11-21-16-6-4-3-5-13(14)16;/h3-6,11-12,15,17,21,25H,2,7-10,20H2,1H3;1H/t12-,15+,17+;/m0./s1. The minimum atomic E-state index is -0.478. The fourth-order valence-corrected chi connectivity index (χ4v) is 3.75. The number of nitrogens with zero attached hydrogens (tertiary/aromatic N) is 3. The SMILES string of the molecule is CCOCCn1nc(-c2c[nH]c3ccccc23)nc1[C@H]1C[C@@H](N)[C@H](O)C1.Cl. The van der Waals surface area contributed by atoms with Crippen molar-refractivity contribution in [3.8, 4) is 11.4 Å². The molecule has 0 aliphatic heterocycles. The van der Waals surface area contributed by atoms with E-state index in [0.29, 0.717) is 32.0 Å². The van der Waals surface area contributed by atoms with Crippen LogP contribution in [0.3, 0.4) is 0 Å². The lowest BCUT2D eigenvalue weighted by Gasteiger charge is -2.10. The number of nitrogens with one attached hydrogen (secondary N) is 1. The lowest BCUT2D eigenvalue weighted by atomic mass is 10.1. The molecule has 4 rings (SSSR count). The molecule has 1 aliphatic rings. The van der Waals surface area contributed by atoms with E-state index < -0.39 is 6.10 Å². The second-order valence-corrected chi connectivity index (χ2v) is 6.86. The van der Waals surface area contributed by atoms with Crippen LogP contribution in [0.4, 0.5) is 0 Å². The van der Waals surface area contributed by atoms with E-state index in [0.717, 1.165) is 28.7 Å². The van der Waals surface area contributed by atoms with Gasteiger partial charge in [0.2, 0.25) is 0 Å². The van der Waals surface area contributed by atoms with Gasteiger partial charge in [0.1, 0.15) is 5.82 Å². The summed E-state index contributed by atoms with van der Waals surface area (Å²) in [6.45, 7) is 3.88. The molecular formula is C19H26ClN5O2. The zero-order chi connectivity index (χ0) is 18.1. The summed E-state index contributed by atoms with van der Waals surface area (Å²) in [5.41, 5.74) is 8.07. The van der Waals surface area contributed by atoms with Crippen LogP contribution in [0, 0.1) is 0 Å². The van der Waals surface area contributed by atoms with Gasteiger partial charge in [0.25, 0.3) is 0 Å². The van der Waals surface area contributed by atoms with E-state index in [-0.39, 0.29) is 24.4 Å². The Bertz CT molecular complexity index is 883. The molecule has 8 heteroatoms. The van der Waals surface area contributed by atoms with Crippen molar-refractivity contribution in [3.63, 3.8) is 0 Å². The Hall–Kier alpha value is -1.93. The van der Waals surface area contributed by atoms with Gasteiger partial charge in [0, 0.05) is 41.2 Å². The molecule has 27 heavy (non-hydrogen) atoms. The smallest absolute Gasteiger partial charge is 0.183 e. The van der Waals surface area contributed by atoms with Crippen molar-refractivity contribution in [3.05, 3.63) is 36.3 Å². The Morgan fingerprint density at radius 2 is 2.15 bits per heavy atom. The average molecular weight is 392 g/mol. The third-order valence-electron chi connectivity index (χ3n) is 5.12. The quantitative estimate of drug-likeness (QED) is 0.560. The van der Waals surface area contributed by atoms with Crippen LogP contribution in [0.1, 0.15) is 31.5 Å². The molecule has 0 spiro atoms. The number of aromatic nitrogens is 4. The molecule has 3 atom stereocenters. The third-order valence-corrected chi connectivity index (χ3v) is 5.12. The first kappa shape index (κ1) is 19.8. The fourth-order valence-electron chi connectivity index (χ4n) is 3.75. The van der Waals surface area contributed by atoms with Gasteiger partial charge in [-0.05, 0) is 25.8 Å². The number of hydrogen-bond donors (Lipinski definition) is 3.